The molecule has 1 N–H and O–H groups in total. The minimum Gasteiger partial charge on any atom is -0.392 e. The Morgan fingerprint density at radius 3 is 2.23 bits per heavy atom. The summed E-state index contributed by atoms with van der Waals surface area (Å²) in [5.74, 6) is 1.62. The molecular weight excluding hydrogens is 162 g/mol. The molecule has 0 radical (unpaired) electrons. The van der Waals surface area contributed by atoms with Gasteiger partial charge in [-0.15, -0.1) is 0 Å². The third kappa shape index (κ3) is 2.68. The SMILES string of the molecule is CC(C)C1CCN(C(C)C(C)O)C1. The van der Waals surface area contributed by atoms with Gasteiger partial charge in [0, 0.05) is 12.6 Å². The van der Waals surface area contributed by atoms with Gasteiger partial charge in [-0.3, -0.25) is 4.90 Å². The normalized spacial score (nSPS) is 29.5. The number of aliphatic hydroxyl groups excluding tert-OH is 1. The summed E-state index contributed by atoms with van der Waals surface area (Å²) in [5, 5.41) is 9.46. The van der Waals surface area contributed by atoms with Gasteiger partial charge in [-0.25, -0.2) is 0 Å². The maximum atomic E-state index is 9.46. The Labute approximate surface area is 81.9 Å². The monoisotopic (exact) mass is 185 g/mol. The Kier molecular flexibility index (Phi) is 3.74. The molecule has 0 aliphatic carbocycles. The number of nitrogens with zero attached hydrogens (tertiary/aromatic N) is 1. The molecule has 1 aliphatic heterocycles. The van der Waals surface area contributed by atoms with Crippen LogP contribution in [0.5, 0.6) is 0 Å². The number of hydrogen-bond acceptors (Lipinski definition) is 2. The van der Waals surface area contributed by atoms with E-state index in [0.717, 1.165) is 18.4 Å². The van der Waals surface area contributed by atoms with Crippen molar-refractivity contribution >= 4 is 0 Å². The quantitative estimate of drug-likeness (QED) is 0.724. The van der Waals surface area contributed by atoms with E-state index < -0.39 is 0 Å². The van der Waals surface area contributed by atoms with Crippen LogP contribution in [0.3, 0.4) is 0 Å². The maximum Gasteiger partial charge on any atom is 0.0664 e. The Bertz CT molecular complexity index is 156. The predicted molar refractivity (Wildman–Crippen MR) is 55.7 cm³/mol. The molecule has 1 rings (SSSR count). The molecule has 0 aromatic carbocycles. The minimum absolute atomic E-state index is 0.203. The first-order valence-electron chi connectivity index (χ1n) is 5.44. The summed E-state index contributed by atoms with van der Waals surface area (Å²) < 4.78 is 0. The van der Waals surface area contributed by atoms with E-state index in [4.69, 9.17) is 0 Å². The fourth-order valence-corrected chi connectivity index (χ4v) is 2.03. The van der Waals surface area contributed by atoms with Gasteiger partial charge in [0.25, 0.3) is 0 Å². The molecule has 1 saturated heterocycles. The van der Waals surface area contributed by atoms with Crippen LogP contribution in [0.2, 0.25) is 0 Å². The number of rotatable bonds is 3. The molecule has 1 heterocycles. The first kappa shape index (κ1) is 11.0. The van der Waals surface area contributed by atoms with Crippen molar-refractivity contribution in [3.05, 3.63) is 0 Å². The lowest BCUT2D eigenvalue weighted by molar-refractivity contribution is 0.0820. The molecule has 3 unspecified atom stereocenters. The standard InChI is InChI=1S/C11H23NO/c1-8(2)11-5-6-12(7-11)9(3)10(4)13/h8-11,13H,5-7H2,1-4H3. The van der Waals surface area contributed by atoms with Gasteiger partial charge in [0.05, 0.1) is 6.10 Å². The highest BCUT2D eigenvalue weighted by Crippen LogP contribution is 2.25. The molecule has 0 bridgehead atoms. The molecule has 13 heavy (non-hydrogen) atoms. The van der Waals surface area contributed by atoms with Crippen molar-refractivity contribution in [1.29, 1.82) is 0 Å². The summed E-state index contributed by atoms with van der Waals surface area (Å²) in [6.07, 6.45) is 1.10. The molecule has 2 nitrogen and oxygen atoms in total. The zero-order valence-corrected chi connectivity index (χ0v) is 9.33. The highest BCUT2D eigenvalue weighted by molar-refractivity contribution is 4.82. The molecule has 78 valence electrons. The Hall–Kier alpha value is -0.0800. The molecule has 2 heteroatoms. The van der Waals surface area contributed by atoms with E-state index in [1.165, 1.54) is 13.0 Å². The topological polar surface area (TPSA) is 23.5 Å². The predicted octanol–water partition coefficient (Wildman–Crippen LogP) is 1.73. The van der Waals surface area contributed by atoms with Crippen LogP contribution in [0.4, 0.5) is 0 Å². The van der Waals surface area contributed by atoms with Crippen molar-refractivity contribution in [3.8, 4) is 0 Å². The molecule has 3 atom stereocenters. The summed E-state index contributed by atoms with van der Waals surface area (Å²) in [4.78, 5) is 2.41. The van der Waals surface area contributed by atoms with Crippen LogP contribution in [0.15, 0.2) is 0 Å². The van der Waals surface area contributed by atoms with Crippen molar-refractivity contribution in [2.24, 2.45) is 11.8 Å². The van der Waals surface area contributed by atoms with Gasteiger partial charge in [0.1, 0.15) is 0 Å². The van der Waals surface area contributed by atoms with Gasteiger partial charge in [-0.1, -0.05) is 13.8 Å². The zero-order valence-electron chi connectivity index (χ0n) is 9.33. The summed E-state index contributed by atoms with van der Waals surface area (Å²) >= 11 is 0. The van der Waals surface area contributed by atoms with Crippen molar-refractivity contribution in [2.75, 3.05) is 13.1 Å². The lowest BCUT2D eigenvalue weighted by atomic mass is 9.95. The molecule has 0 aromatic heterocycles. The van der Waals surface area contributed by atoms with Gasteiger partial charge in [0.15, 0.2) is 0 Å². The van der Waals surface area contributed by atoms with Gasteiger partial charge in [-0.05, 0) is 38.6 Å². The number of hydrogen-bond donors (Lipinski definition) is 1. The Morgan fingerprint density at radius 2 is 1.85 bits per heavy atom. The van der Waals surface area contributed by atoms with Crippen LogP contribution in [-0.4, -0.2) is 35.2 Å². The average Bonchev–Trinajstić information content (AvgIpc) is 2.50. The third-order valence-corrected chi connectivity index (χ3v) is 3.47. The molecular formula is C11H23NO. The van der Waals surface area contributed by atoms with E-state index in [-0.39, 0.29) is 6.10 Å². The molecule has 0 amide bonds. The fraction of sp³-hybridized carbons (Fsp3) is 1.00. The summed E-state index contributed by atoms with van der Waals surface area (Å²) in [6.45, 7) is 10.9. The molecule has 0 saturated carbocycles. The van der Waals surface area contributed by atoms with E-state index in [1.807, 2.05) is 6.92 Å². The van der Waals surface area contributed by atoms with Crippen LogP contribution in [-0.2, 0) is 0 Å². The molecule has 0 aromatic rings. The Morgan fingerprint density at radius 1 is 1.23 bits per heavy atom. The highest BCUT2D eigenvalue weighted by Gasteiger charge is 2.29. The van der Waals surface area contributed by atoms with Crippen LogP contribution >= 0.6 is 0 Å². The first-order valence-corrected chi connectivity index (χ1v) is 5.44. The second kappa shape index (κ2) is 4.43. The lowest BCUT2D eigenvalue weighted by Gasteiger charge is -2.27. The number of likely N-dealkylation sites (tertiary alicyclic amines) is 1. The van der Waals surface area contributed by atoms with Crippen molar-refractivity contribution in [3.63, 3.8) is 0 Å². The van der Waals surface area contributed by atoms with Crippen LogP contribution in [0.25, 0.3) is 0 Å². The average molecular weight is 185 g/mol. The second-order valence-corrected chi connectivity index (χ2v) is 4.77. The van der Waals surface area contributed by atoms with Crippen molar-refractivity contribution in [2.45, 2.75) is 46.3 Å². The van der Waals surface area contributed by atoms with Gasteiger partial charge < -0.3 is 5.11 Å². The summed E-state index contributed by atoms with van der Waals surface area (Å²) in [6, 6.07) is 0.323. The number of aliphatic hydroxyl groups is 1. The first-order chi connectivity index (χ1) is 6.02. The van der Waals surface area contributed by atoms with Crippen LogP contribution in [0, 0.1) is 11.8 Å². The lowest BCUT2D eigenvalue weighted by Crippen LogP contribution is -2.38. The fourth-order valence-electron chi connectivity index (χ4n) is 2.03. The molecule has 1 fully saturated rings. The summed E-state index contributed by atoms with van der Waals surface area (Å²) in [5.41, 5.74) is 0. The van der Waals surface area contributed by atoms with Gasteiger partial charge >= 0.3 is 0 Å². The van der Waals surface area contributed by atoms with E-state index in [2.05, 4.69) is 25.7 Å². The molecule has 0 spiro atoms. The zero-order chi connectivity index (χ0) is 10.0. The van der Waals surface area contributed by atoms with Crippen LogP contribution in [0.1, 0.15) is 34.1 Å². The van der Waals surface area contributed by atoms with Gasteiger partial charge in [0.2, 0.25) is 0 Å². The molecule has 1 aliphatic rings. The van der Waals surface area contributed by atoms with E-state index in [1.54, 1.807) is 0 Å². The van der Waals surface area contributed by atoms with Crippen LogP contribution < -0.4 is 0 Å². The largest absolute Gasteiger partial charge is 0.392 e. The summed E-state index contributed by atoms with van der Waals surface area (Å²) in [7, 11) is 0. The Balaban J connectivity index is 2.40. The highest BCUT2D eigenvalue weighted by atomic mass is 16.3. The maximum absolute atomic E-state index is 9.46. The van der Waals surface area contributed by atoms with E-state index in [0.29, 0.717) is 6.04 Å². The van der Waals surface area contributed by atoms with Crippen molar-refractivity contribution in [1.82, 2.24) is 4.90 Å². The van der Waals surface area contributed by atoms with Crippen molar-refractivity contribution < 1.29 is 5.11 Å². The van der Waals surface area contributed by atoms with Gasteiger partial charge in [-0.2, -0.15) is 0 Å². The van der Waals surface area contributed by atoms with E-state index >= 15 is 0 Å². The second-order valence-electron chi connectivity index (χ2n) is 4.77. The third-order valence-electron chi connectivity index (χ3n) is 3.47. The minimum atomic E-state index is -0.203. The van der Waals surface area contributed by atoms with E-state index in [9.17, 15) is 5.11 Å². The smallest absolute Gasteiger partial charge is 0.0664 e.